The Morgan fingerprint density at radius 3 is 2.27 bits per heavy atom. The van der Waals surface area contributed by atoms with Crippen LogP contribution in [0.3, 0.4) is 0 Å². The van der Waals surface area contributed by atoms with Crippen molar-refractivity contribution >= 4 is 46.4 Å². The molecule has 1 amide bonds. The first-order valence-electron chi connectivity index (χ1n) is 10.6. The number of carbonyl (C=O) groups excluding carboxylic acids is 1. The summed E-state index contributed by atoms with van der Waals surface area (Å²) < 4.78 is 0. The van der Waals surface area contributed by atoms with E-state index in [0.29, 0.717) is 35.2 Å². The average molecular weight is 506 g/mol. The lowest BCUT2D eigenvalue weighted by molar-refractivity contribution is 0.0740. The molecule has 0 unspecified atom stereocenters. The summed E-state index contributed by atoms with van der Waals surface area (Å²) >= 11 is 18.2. The molecule has 0 aliphatic heterocycles. The summed E-state index contributed by atoms with van der Waals surface area (Å²) in [6.45, 7) is 7.41. The molecule has 0 bridgehead atoms. The number of nitrogens with one attached hydrogen (secondary N) is 1. The van der Waals surface area contributed by atoms with Crippen molar-refractivity contribution in [2.24, 2.45) is 0 Å². The number of nitrogens with zero attached hydrogens (tertiary/aromatic N) is 3. The third kappa shape index (κ3) is 6.59. The lowest BCUT2D eigenvalue weighted by atomic mass is 9.87. The second kappa shape index (κ2) is 10.7. The van der Waals surface area contributed by atoms with Crippen LogP contribution < -0.4 is 5.32 Å². The first-order valence-corrected chi connectivity index (χ1v) is 11.7. The van der Waals surface area contributed by atoms with Crippen molar-refractivity contribution in [1.29, 1.82) is 0 Å². The number of halogens is 3. The summed E-state index contributed by atoms with van der Waals surface area (Å²) in [4.78, 5) is 23.5. The average Bonchev–Trinajstić information content (AvgIpc) is 2.78. The van der Waals surface area contributed by atoms with Crippen molar-refractivity contribution in [1.82, 2.24) is 14.9 Å². The van der Waals surface area contributed by atoms with Crippen LogP contribution in [0.25, 0.3) is 0 Å². The SMILES string of the molecule is CNc1cnc(Cl)nc1C(=O)N(CCc1ccc(Cl)c(Cl)c1)Cc1ccc(C(C)(C)C)cc1. The maximum atomic E-state index is 13.5. The molecule has 8 heteroatoms. The van der Waals surface area contributed by atoms with Gasteiger partial charge in [-0.15, -0.1) is 0 Å². The van der Waals surface area contributed by atoms with Gasteiger partial charge in [0.15, 0.2) is 5.69 Å². The quantitative estimate of drug-likeness (QED) is 0.365. The molecule has 1 aromatic heterocycles. The Morgan fingerprint density at radius 2 is 1.67 bits per heavy atom. The zero-order valence-electron chi connectivity index (χ0n) is 19.1. The Balaban J connectivity index is 1.89. The summed E-state index contributed by atoms with van der Waals surface area (Å²) in [5.74, 6) is -0.233. The molecule has 0 radical (unpaired) electrons. The molecule has 0 fully saturated rings. The molecule has 0 aliphatic rings. The monoisotopic (exact) mass is 504 g/mol. The van der Waals surface area contributed by atoms with Crippen LogP contribution in [0.1, 0.15) is 48.0 Å². The number of rotatable bonds is 7. The maximum absolute atomic E-state index is 13.5. The van der Waals surface area contributed by atoms with Crippen molar-refractivity contribution in [2.45, 2.75) is 39.2 Å². The van der Waals surface area contributed by atoms with Crippen LogP contribution >= 0.6 is 34.8 Å². The number of carbonyl (C=O) groups is 1. The minimum atomic E-state index is -0.233. The lowest BCUT2D eigenvalue weighted by Gasteiger charge is -2.24. The normalized spacial score (nSPS) is 11.4. The smallest absolute Gasteiger partial charge is 0.275 e. The zero-order chi connectivity index (χ0) is 24.2. The van der Waals surface area contributed by atoms with Gasteiger partial charge >= 0.3 is 0 Å². The molecule has 3 rings (SSSR count). The molecule has 174 valence electrons. The van der Waals surface area contributed by atoms with E-state index in [-0.39, 0.29) is 22.3 Å². The zero-order valence-corrected chi connectivity index (χ0v) is 21.4. The first-order chi connectivity index (χ1) is 15.6. The fourth-order valence-electron chi connectivity index (χ4n) is 3.40. The molecule has 0 saturated heterocycles. The lowest BCUT2D eigenvalue weighted by Crippen LogP contribution is -2.33. The molecule has 0 atom stereocenters. The van der Waals surface area contributed by atoms with Gasteiger partial charge in [0.05, 0.1) is 21.9 Å². The van der Waals surface area contributed by atoms with Crippen LogP contribution in [0.4, 0.5) is 5.69 Å². The Hall–Kier alpha value is -2.34. The van der Waals surface area contributed by atoms with Gasteiger partial charge in [-0.1, -0.05) is 74.3 Å². The van der Waals surface area contributed by atoms with E-state index in [1.54, 1.807) is 18.0 Å². The largest absolute Gasteiger partial charge is 0.385 e. The van der Waals surface area contributed by atoms with E-state index in [9.17, 15) is 4.79 Å². The molecular formula is C25H27Cl3N4O. The highest BCUT2D eigenvalue weighted by atomic mass is 35.5. The molecule has 0 spiro atoms. The van der Waals surface area contributed by atoms with Gasteiger partial charge in [0.2, 0.25) is 5.28 Å². The van der Waals surface area contributed by atoms with E-state index in [1.807, 2.05) is 12.1 Å². The first kappa shape index (κ1) is 25.3. The number of hydrogen-bond acceptors (Lipinski definition) is 4. The van der Waals surface area contributed by atoms with Crippen LogP contribution in [-0.4, -0.2) is 34.4 Å². The third-order valence-electron chi connectivity index (χ3n) is 5.37. The topological polar surface area (TPSA) is 58.1 Å². The molecule has 5 nitrogen and oxygen atoms in total. The maximum Gasteiger partial charge on any atom is 0.275 e. The Labute approximate surface area is 210 Å². The fraction of sp³-hybridized carbons (Fsp3) is 0.320. The Kier molecular flexibility index (Phi) is 8.22. The summed E-state index contributed by atoms with van der Waals surface area (Å²) in [5.41, 5.74) is 4.06. The number of benzene rings is 2. The summed E-state index contributed by atoms with van der Waals surface area (Å²) in [6, 6.07) is 13.8. The molecular weight excluding hydrogens is 479 g/mol. The second-order valence-electron chi connectivity index (χ2n) is 8.82. The minimum absolute atomic E-state index is 0.0244. The van der Waals surface area contributed by atoms with E-state index < -0.39 is 0 Å². The van der Waals surface area contributed by atoms with E-state index in [2.05, 4.69) is 60.3 Å². The number of hydrogen-bond donors (Lipinski definition) is 1. The van der Waals surface area contributed by atoms with Gasteiger partial charge in [0.25, 0.3) is 5.91 Å². The molecule has 0 aliphatic carbocycles. The fourth-order valence-corrected chi connectivity index (χ4v) is 3.85. The van der Waals surface area contributed by atoms with Crippen LogP contribution in [0.5, 0.6) is 0 Å². The van der Waals surface area contributed by atoms with Gasteiger partial charge in [-0.2, -0.15) is 0 Å². The summed E-state index contributed by atoms with van der Waals surface area (Å²) in [6.07, 6.45) is 2.12. The van der Waals surface area contributed by atoms with Crippen LogP contribution in [0.2, 0.25) is 15.3 Å². The van der Waals surface area contributed by atoms with Crippen molar-refractivity contribution in [3.8, 4) is 0 Å². The second-order valence-corrected chi connectivity index (χ2v) is 9.98. The van der Waals surface area contributed by atoms with Crippen molar-refractivity contribution < 1.29 is 4.79 Å². The number of aromatic nitrogens is 2. The van der Waals surface area contributed by atoms with E-state index in [4.69, 9.17) is 34.8 Å². The van der Waals surface area contributed by atoms with Crippen molar-refractivity contribution in [3.05, 3.63) is 86.4 Å². The minimum Gasteiger partial charge on any atom is -0.385 e. The van der Waals surface area contributed by atoms with E-state index in [1.165, 1.54) is 11.8 Å². The molecule has 2 aromatic carbocycles. The molecule has 3 aromatic rings. The van der Waals surface area contributed by atoms with Crippen LogP contribution in [0, 0.1) is 0 Å². The van der Waals surface area contributed by atoms with Gasteiger partial charge in [-0.25, -0.2) is 9.97 Å². The Morgan fingerprint density at radius 1 is 1.00 bits per heavy atom. The standard InChI is InChI=1S/C25H27Cl3N4O/c1-25(2,3)18-8-5-17(6-9-18)15-32(12-11-16-7-10-19(26)20(27)13-16)23(33)22-21(29-4)14-30-24(28)31-22/h5-10,13-14,29H,11-12,15H2,1-4H3. The predicted octanol–water partition coefficient (Wildman–Crippen LogP) is 6.66. The molecule has 1 N–H and O–H groups in total. The van der Waals surface area contributed by atoms with Crippen LogP contribution in [-0.2, 0) is 18.4 Å². The summed E-state index contributed by atoms with van der Waals surface area (Å²) in [5, 5.41) is 3.99. The predicted molar refractivity (Wildman–Crippen MR) is 137 cm³/mol. The highest BCUT2D eigenvalue weighted by Crippen LogP contribution is 2.25. The third-order valence-corrected chi connectivity index (χ3v) is 6.29. The molecule has 33 heavy (non-hydrogen) atoms. The number of anilines is 1. The van der Waals surface area contributed by atoms with Crippen molar-refractivity contribution in [2.75, 3.05) is 18.9 Å². The van der Waals surface area contributed by atoms with Crippen molar-refractivity contribution in [3.63, 3.8) is 0 Å². The number of amides is 1. The molecule has 1 heterocycles. The van der Waals surface area contributed by atoms with Gasteiger partial charge < -0.3 is 10.2 Å². The highest BCUT2D eigenvalue weighted by molar-refractivity contribution is 6.42. The van der Waals surface area contributed by atoms with Crippen LogP contribution in [0.15, 0.2) is 48.7 Å². The summed E-state index contributed by atoms with van der Waals surface area (Å²) in [7, 11) is 1.72. The molecule has 0 saturated carbocycles. The van der Waals surface area contributed by atoms with Gasteiger partial charge in [-0.05, 0) is 52.3 Å². The van der Waals surface area contributed by atoms with Gasteiger partial charge in [0, 0.05) is 20.1 Å². The highest BCUT2D eigenvalue weighted by Gasteiger charge is 2.22. The van der Waals surface area contributed by atoms with E-state index in [0.717, 1.165) is 11.1 Å². The van der Waals surface area contributed by atoms with Gasteiger partial charge in [-0.3, -0.25) is 4.79 Å². The van der Waals surface area contributed by atoms with E-state index >= 15 is 0 Å². The van der Waals surface area contributed by atoms with Gasteiger partial charge in [0.1, 0.15) is 0 Å². The Bertz CT molecular complexity index is 1130.